The van der Waals surface area contributed by atoms with Gasteiger partial charge in [0.15, 0.2) is 0 Å². The van der Waals surface area contributed by atoms with Crippen LogP contribution in [-0.2, 0) is 25.9 Å². The molecule has 3 heteroatoms. The third-order valence-corrected chi connectivity index (χ3v) is 3.30. The Labute approximate surface area is 124 Å². The van der Waals surface area contributed by atoms with Crippen molar-refractivity contribution in [3.63, 3.8) is 0 Å². The molecule has 1 aromatic rings. The molecule has 0 amide bonds. The second kappa shape index (κ2) is 9.97. The normalized spacial score (nSPS) is 10.0. The van der Waals surface area contributed by atoms with E-state index in [1.165, 1.54) is 44.1 Å². The molecule has 0 saturated carbocycles. The van der Waals surface area contributed by atoms with E-state index in [0.717, 1.165) is 17.0 Å². The predicted octanol–water partition coefficient (Wildman–Crippen LogP) is 4.46. The van der Waals surface area contributed by atoms with Gasteiger partial charge in [0.05, 0.1) is 0 Å². The van der Waals surface area contributed by atoms with E-state index < -0.39 is 0 Å². The zero-order valence-corrected chi connectivity index (χ0v) is 14.8. The molecule has 0 aromatic heterocycles. The van der Waals surface area contributed by atoms with Gasteiger partial charge in [-0.3, -0.25) is 0 Å². The van der Waals surface area contributed by atoms with Gasteiger partial charge in [-0.25, -0.2) is 0 Å². The van der Waals surface area contributed by atoms with Crippen LogP contribution in [0.25, 0.3) is 0 Å². The quantitative estimate of drug-likeness (QED) is 0.331. The van der Waals surface area contributed by atoms with Gasteiger partial charge < -0.3 is 5.73 Å². The topological polar surface area (TPSA) is 26.0 Å². The molecule has 0 saturated heterocycles. The number of benzene rings is 1. The number of unbranched alkanes of at least 4 members (excludes halogenated alkanes) is 5. The van der Waals surface area contributed by atoms with Crippen molar-refractivity contribution in [1.29, 1.82) is 0 Å². The first-order chi connectivity index (χ1) is 7.74. The molecule has 0 heterocycles. The number of nitrogens with two attached hydrogens (primary N) is 1. The summed E-state index contributed by atoms with van der Waals surface area (Å²) in [4.78, 5) is 0.906. The first-order valence-corrected chi connectivity index (χ1v) is 6.76. The molecule has 0 aliphatic rings. The van der Waals surface area contributed by atoms with Crippen molar-refractivity contribution >= 4 is 18.3 Å². The van der Waals surface area contributed by atoms with Gasteiger partial charge in [-0.2, -0.15) is 0 Å². The van der Waals surface area contributed by atoms with Gasteiger partial charge >= 0.3 is 0 Å². The minimum Gasteiger partial charge on any atom is -0.398 e. The van der Waals surface area contributed by atoms with Crippen LogP contribution in [0, 0.1) is 0 Å². The molecule has 0 bridgehead atoms. The summed E-state index contributed by atoms with van der Waals surface area (Å²) >= 11 is 4.33. The van der Waals surface area contributed by atoms with Crippen molar-refractivity contribution in [3.8, 4) is 0 Å². The smallest absolute Gasteiger partial charge is 0.0449 e. The van der Waals surface area contributed by atoms with Gasteiger partial charge in [0.25, 0.3) is 0 Å². The summed E-state index contributed by atoms with van der Waals surface area (Å²) in [5.74, 6) is 0. The van der Waals surface area contributed by atoms with Crippen LogP contribution in [0.2, 0.25) is 0 Å². The number of hydrogen-bond donors (Lipinski definition) is 2. The largest absolute Gasteiger partial charge is 0.398 e. The Morgan fingerprint density at radius 3 is 2.35 bits per heavy atom. The third-order valence-electron chi connectivity index (χ3n) is 2.91. The summed E-state index contributed by atoms with van der Waals surface area (Å²) < 4.78 is 0. The maximum atomic E-state index is 5.72. The van der Waals surface area contributed by atoms with Crippen molar-refractivity contribution < 1.29 is 19.5 Å². The summed E-state index contributed by atoms with van der Waals surface area (Å²) in [5, 5.41) is 0. The van der Waals surface area contributed by atoms with Gasteiger partial charge in [-0.05, 0) is 30.5 Å². The second-order valence-electron chi connectivity index (χ2n) is 4.41. The molecule has 92 valence electrons. The van der Waals surface area contributed by atoms with Crippen LogP contribution < -0.4 is 5.73 Å². The van der Waals surface area contributed by atoms with Gasteiger partial charge in [0, 0.05) is 30.1 Å². The number of aryl methyl sites for hydroxylation is 1. The molecular formula is C14H23NSZn. The number of thiol groups is 1. The molecule has 1 nitrogen and oxygen atoms in total. The Morgan fingerprint density at radius 1 is 1.06 bits per heavy atom. The van der Waals surface area contributed by atoms with Crippen molar-refractivity contribution in [2.75, 3.05) is 5.73 Å². The predicted molar refractivity (Wildman–Crippen MR) is 75.2 cm³/mol. The van der Waals surface area contributed by atoms with E-state index in [-0.39, 0.29) is 19.5 Å². The maximum Gasteiger partial charge on any atom is 0.0449 e. The monoisotopic (exact) mass is 301 g/mol. The summed E-state index contributed by atoms with van der Waals surface area (Å²) in [5.41, 5.74) is 7.85. The Morgan fingerprint density at radius 2 is 1.71 bits per heavy atom. The van der Waals surface area contributed by atoms with Crippen molar-refractivity contribution in [1.82, 2.24) is 0 Å². The molecule has 2 N–H and O–H groups in total. The number of hydrogen-bond acceptors (Lipinski definition) is 2. The fourth-order valence-corrected chi connectivity index (χ4v) is 2.09. The summed E-state index contributed by atoms with van der Waals surface area (Å²) in [6.07, 6.45) is 9.23. The van der Waals surface area contributed by atoms with Crippen molar-refractivity contribution in [2.45, 2.75) is 56.8 Å². The molecule has 0 unspecified atom stereocenters. The van der Waals surface area contributed by atoms with Gasteiger partial charge in [0.1, 0.15) is 0 Å². The second-order valence-corrected chi connectivity index (χ2v) is 4.89. The van der Waals surface area contributed by atoms with Gasteiger partial charge in [-0.1, -0.05) is 45.1 Å². The summed E-state index contributed by atoms with van der Waals surface area (Å²) in [7, 11) is 0. The zero-order valence-electron chi connectivity index (χ0n) is 10.9. The molecule has 0 radical (unpaired) electrons. The van der Waals surface area contributed by atoms with Crippen LogP contribution in [0.1, 0.15) is 51.0 Å². The molecule has 17 heavy (non-hydrogen) atoms. The first-order valence-electron chi connectivity index (χ1n) is 6.31. The van der Waals surface area contributed by atoms with E-state index in [1.54, 1.807) is 0 Å². The fourth-order valence-electron chi connectivity index (χ4n) is 1.85. The van der Waals surface area contributed by atoms with Crippen LogP contribution in [0.3, 0.4) is 0 Å². The molecular weight excluding hydrogens is 280 g/mol. The van der Waals surface area contributed by atoms with Crippen LogP contribution in [0.4, 0.5) is 5.69 Å². The van der Waals surface area contributed by atoms with Crippen LogP contribution in [0.15, 0.2) is 23.1 Å². The van der Waals surface area contributed by atoms with Gasteiger partial charge in [0.2, 0.25) is 0 Å². The van der Waals surface area contributed by atoms with Gasteiger partial charge in [-0.15, -0.1) is 12.6 Å². The molecule has 0 fully saturated rings. The molecule has 0 aliphatic carbocycles. The molecule has 0 aliphatic heterocycles. The number of nitrogen functional groups attached to an aromatic ring is 1. The zero-order chi connectivity index (χ0) is 11.8. The van der Waals surface area contributed by atoms with Crippen molar-refractivity contribution in [2.24, 2.45) is 0 Å². The van der Waals surface area contributed by atoms with E-state index in [1.807, 2.05) is 6.07 Å². The maximum absolute atomic E-state index is 5.72. The fraction of sp³-hybridized carbons (Fsp3) is 0.571. The first kappa shape index (κ1) is 17.0. The SMILES string of the molecule is CCCCCCCCc1ccc(N)c(S)c1.[Zn]. The van der Waals surface area contributed by atoms with E-state index in [9.17, 15) is 0 Å². The average Bonchev–Trinajstić information content (AvgIpc) is 2.28. The molecule has 0 spiro atoms. The molecule has 1 aromatic carbocycles. The minimum absolute atomic E-state index is 0. The summed E-state index contributed by atoms with van der Waals surface area (Å²) in [6, 6.07) is 6.15. The van der Waals surface area contributed by atoms with E-state index in [2.05, 4.69) is 31.7 Å². The Bertz CT molecular complexity index is 315. The average molecular weight is 303 g/mol. The Kier molecular flexibility index (Phi) is 9.96. The Hall–Kier alpha value is -0.00662. The standard InChI is InChI=1S/C14H23NS.Zn/c1-2-3-4-5-6-7-8-12-9-10-13(15)14(16)11-12;/h9-11,16H,2-8,15H2,1H3;. The van der Waals surface area contributed by atoms with E-state index in [4.69, 9.17) is 5.73 Å². The van der Waals surface area contributed by atoms with Crippen LogP contribution >= 0.6 is 12.6 Å². The Balaban J connectivity index is 0.00000256. The molecule has 0 atom stereocenters. The van der Waals surface area contributed by atoms with Crippen molar-refractivity contribution in [3.05, 3.63) is 23.8 Å². The third kappa shape index (κ3) is 7.11. The number of rotatable bonds is 7. The van der Waals surface area contributed by atoms with Crippen LogP contribution in [-0.4, -0.2) is 0 Å². The molecule has 1 rings (SSSR count). The van der Waals surface area contributed by atoms with E-state index >= 15 is 0 Å². The number of anilines is 1. The van der Waals surface area contributed by atoms with E-state index in [0.29, 0.717) is 0 Å². The van der Waals surface area contributed by atoms with Crippen LogP contribution in [0.5, 0.6) is 0 Å². The summed E-state index contributed by atoms with van der Waals surface area (Å²) in [6.45, 7) is 2.25. The minimum atomic E-state index is 0.